The summed E-state index contributed by atoms with van der Waals surface area (Å²) in [6.07, 6.45) is 2.77. The van der Waals surface area contributed by atoms with Crippen LogP contribution in [0.3, 0.4) is 0 Å². The fraction of sp³-hybridized carbons (Fsp3) is 0.190. The molecule has 0 aliphatic rings. The highest BCUT2D eigenvalue weighted by molar-refractivity contribution is 7.89. The van der Waals surface area contributed by atoms with Crippen LogP contribution in [0.15, 0.2) is 71.9 Å². The number of carbonyl (C=O) groups is 1. The van der Waals surface area contributed by atoms with E-state index in [9.17, 15) is 22.0 Å². The van der Waals surface area contributed by atoms with E-state index in [2.05, 4.69) is 24.7 Å². The highest BCUT2D eigenvalue weighted by Crippen LogP contribution is 2.23. The summed E-state index contributed by atoms with van der Waals surface area (Å²) in [5, 5.41) is 11.5. The topological polar surface area (TPSA) is 131 Å². The second-order valence-corrected chi connectivity index (χ2v) is 8.50. The normalized spacial score (nSPS) is 12.3. The lowest BCUT2D eigenvalue weighted by atomic mass is 10.0. The Morgan fingerprint density at radius 1 is 1.09 bits per heavy atom. The van der Waals surface area contributed by atoms with Gasteiger partial charge in [0.15, 0.2) is 0 Å². The molecule has 174 valence electrons. The Morgan fingerprint density at radius 3 is 2.48 bits per heavy atom. The molecule has 2 heterocycles. The maximum Gasteiger partial charge on any atom is 0.387 e. The number of pyridine rings is 2. The van der Waals surface area contributed by atoms with Gasteiger partial charge in [-0.3, -0.25) is 9.78 Å². The SMILES string of the molecule is O=C(O)CNc1cccc(C(Cc2ccc(OC(F)F)cc2)NS(=O)(=O)c2cccnc2)n1. The molecule has 0 saturated heterocycles. The molecule has 0 aliphatic carbocycles. The van der Waals surface area contributed by atoms with Gasteiger partial charge in [0.25, 0.3) is 0 Å². The fourth-order valence-corrected chi connectivity index (χ4v) is 4.09. The molecule has 3 aromatic rings. The number of hydrogen-bond donors (Lipinski definition) is 3. The molecule has 0 amide bonds. The van der Waals surface area contributed by atoms with E-state index in [0.717, 1.165) is 0 Å². The van der Waals surface area contributed by atoms with Crippen molar-refractivity contribution in [1.29, 1.82) is 0 Å². The zero-order valence-corrected chi connectivity index (χ0v) is 17.9. The number of aromatic nitrogens is 2. The number of alkyl halides is 2. The molecule has 0 radical (unpaired) electrons. The summed E-state index contributed by atoms with van der Waals surface area (Å²) >= 11 is 0. The van der Waals surface area contributed by atoms with E-state index in [-0.39, 0.29) is 29.4 Å². The van der Waals surface area contributed by atoms with Crippen LogP contribution in [0.2, 0.25) is 0 Å². The standard InChI is InChI=1S/C21H20F2N4O5S/c22-21(23)32-15-8-6-14(7-9-15)11-18(27-33(30,31)16-3-2-10-24-12-16)17-4-1-5-19(26-17)25-13-20(28)29/h1-10,12,18,21,27H,11,13H2,(H,25,26)(H,28,29). The highest BCUT2D eigenvalue weighted by atomic mass is 32.2. The van der Waals surface area contributed by atoms with Crippen LogP contribution in [0.25, 0.3) is 0 Å². The van der Waals surface area contributed by atoms with Gasteiger partial charge in [0.05, 0.1) is 11.7 Å². The summed E-state index contributed by atoms with van der Waals surface area (Å²) in [5.74, 6) is -0.859. The van der Waals surface area contributed by atoms with Gasteiger partial charge in [-0.05, 0) is 48.4 Å². The molecule has 0 aliphatic heterocycles. The van der Waals surface area contributed by atoms with Gasteiger partial charge in [-0.15, -0.1) is 0 Å². The first-order valence-electron chi connectivity index (χ1n) is 9.61. The van der Waals surface area contributed by atoms with Crippen molar-refractivity contribution in [3.8, 4) is 5.75 Å². The molecule has 1 atom stereocenters. The van der Waals surface area contributed by atoms with Crippen molar-refractivity contribution in [1.82, 2.24) is 14.7 Å². The molecular weight excluding hydrogens is 458 g/mol. The number of ether oxygens (including phenoxy) is 1. The first kappa shape index (κ1) is 24.0. The quantitative estimate of drug-likeness (QED) is 0.384. The van der Waals surface area contributed by atoms with E-state index in [0.29, 0.717) is 11.3 Å². The highest BCUT2D eigenvalue weighted by Gasteiger charge is 2.23. The summed E-state index contributed by atoms with van der Waals surface area (Å²) in [5.41, 5.74) is 0.951. The summed E-state index contributed by atoms with van der Waals surface area (Å²) in [6, 6.07) is 12.6. The number of sulfonamides is 1. The van der Waals surface area contributed by atoms with Gasteiger partial charge in [0, 0.05) is 12.4 Å². The number of halogens is 2. The molecule has 33 heavy (non-hydrogen) atoms. The monoisotopic (exact) mass is 478 g/mol. The molecule has 3 N–H and O–H groups in total. The van der Waals surface area contributed by atoms with E-state index in [1.54, 1.807) is 18.2 Å². The summed E-state index contributed by atoms with van der Waals surface area (Å²) in [4.78, 5) is 18.9. The van der Waals surface area contributed by atoms with Crippen molar-refractivity contribution >= 4 is 21.8 Å². The van der Waals surface area contributed by atoms with Gasteiger partial charge in [-0.1, -0.05) is 18.2 Å². The van der Waals surface area contributed by atoms with Crippen LogP contribution in [0, 0.1) is 0 Å². The number of rotatable bonds is 11. The summed E-state index contributed by atoms with van der Waals surface area (Å²) < 4.78 is 57.5. The maximum absolute atomic E-state index is 12.9. The molecule has 0 spiro atoms. The van der Waals surface area contributed by atoms with Crippen LogP contribution < -0.4 is 14.8 Å². The fourth-order valence-electron chi connectivity index (χ4n) is 2.92. The minimum Gasteiger partial charge on any atom is -0.480 e. The Balaban J connectivity index is 1.89. The number of nitrogens with one attached hydrogen (secondary N) is 2. The number of benzene rings is 1. The van der Waals surface area contributed by atoms with Crippen molar-refractivity contribution in [2.45, 2.75) is 24.0 Å². The number of anilines is 1. The molecule has 1 unspecified atom stereocenters. The van der Waals surface area contributed by atoms with Gasteiger partial charge in [0.2, 0.25) is 10.0 Å². The first-order valence-corrected chi connectivity index (χ1v) is 11.1. The zero-order valence-electron chi connectivity index (χ0n) is 17.1. The Labute approximate surface area is 188 Å². The maximum atomic E-state index is 12.9. The van der Waals surface area contributed by atoms with Crippen LogP contribution in [-0.2, 0) is 21.2 Å². The number of nitrogens with zero attached hydrogens (tertiary/aromatic N) is 2. The zero-order chi connectivity index (χ0) is 23.8. The van der Waals surface area contributed by atoms with Crippen LogP contribution in [-0.4, -0.2) is 42.6 Å². The molecule has 0 fully saturated rings. The smallest absolute Gasteiger partial charge is 0.387 e. The van der Waals surface area contributed by atoms with Gasteiger partial charge >= 0.3 is 12.6 Å². The molecule has 1 aromatic carbocycles. The summed E-state index contributed by atoms with van der Waals surface area (Å²) in [6.45, 7) is -3.33. The van der Waals surface area contributed by atoms with Crippen molar-refractivity contribution < 1.29 is 31.8 Å². The minimum absolute atomic E-state index is 0.0285. The largest absolute Gasteiger partial charge is 0.480 e. The molecule has 9 nitrogen and oxygen atoms in total. The Morgan fingerprint density at radius 2 is 1.85 bits per heavy atom. The Bertz CT molecular complexity index is 1180. The molecule has 12 heteroatoms. The lowest BCUT2D eigenvalue weighted by Crippen LogP contribution is -2.31. The molecule has 2 aromatic heterocycles. The predicted octanol–water partition coefficient (Wildman–Crippen LogP) is 2.84. The number of aliphatic carboxylic acids is 1. The van der Waals surface area contributed by atoms with Crippen LogP contribution in [0.1, 0.15) is 17.3 Å². The van der Waals surface area contributed by atoms with E-state index >= 15 is 0 Å². The minimum atomic E-state index is -3.98. The third kappa shape index (κ3) is 7.19. The Kier molecular flexibility index (Phi) is 7.85. The first-order chi connectivity index (χ1) is 15.7. The summed E-state index contributed by atoms with van der Waals surface area (Å²) in [7, 11) is -3.98. The van der Waals surface area contributed by atoms with Gasteiger partial charge in [-0.2, -0.15) is 8.78 Å². The van der Waals surface area contributed by atoms with E-state index in [1.807, 2.05) is 0 Å². The third-order valence-electron chi connectivity index (χ3n) is 4.38. The van der Waals surface area contributed by atoms with Crippen molar-refractivity contribution in [2.24, 2.45) is 0 Å². The van der Waals surface area contributed by atoms with Crippen molar-refractivity contribution in [3.63, 3.8) is 0 Å². The lowest BCUT2D eigenvalue weighted by molar-refractivity contribution is -0.134. The van der Waals surface area contributed by atoms with Gasteiger partial charge < -0.3 is 15.2 Å². The molecule has 0 bridgehead atoms. The van der Waals surface area contributed by atoms with Crippen LogP contribution in [0.4, 0.5) is 14.6 Å². The molecule has 0 saturated carbocycles. The number of carboxylic acid groups (broad SMARTS) is 1. The van der Waals surface area contributed by atoms with Gasteiger partial charge in [0.1, 0.15) is 23.0 Å². The van der Waals surface area contributed by atoms with Crippen molar-refractivity contribution in [3.05, 3.63) is 78.2 Å². The van der Waals surface area contributed by atoms with Gasteiger partial charge in [-0.25, -0.2) is 18.1 Å². The van der Waals surface area contributed by atoms with Crippen LogP contribution in [0.5, 0.6) is 5.75 Å². The Hall–Kier alpha value is -3.64. The number of carboxylic acids is 1. The van der Waals surface area contributed by atoms with Crippen molar-refractivity contribution in [2.75, 3.05) is 11.9 Å². The molecular formula is C21H20F2N4O5S. The second kappa shape index (κ2) is 10.8. The molecule has 3 rings (SSSR count). The van der Waals surface area contributed by atoms with E-state index in [4.69, 9.17) is 5.11 Å². The number of hydrogen-bond acceptors (Lipinski definition) is 7. The predicted molar refractivity (Wildman–Crippen MR) is 114 cm³/mol. The lowest BCUT2D eigenvalue weighted by Gasteiger charge is -2.19. The average molecular weight is 478 g/mol. The third-order valence-corrected chi connectivity index (χ3v) is 5.84. The van der Waals surface area contributed by atoms with Crippen LogP contribution >= 0.6 is 0 Å². The second-order valence-electron chi connectivity index (χ2n) is 6.78. The van der Waals surface area contributed by atoms with E-state index in [1.165, 1.54) is 48.8 Å². The average Bonchev–Trinajstić information content (AvgIpc) is 2.79. The van der Waals surface area contributed by atoms with E-state index < -0.39 is 28.6 Å².